The quantitative estimate of drug-likeness (QED) is 0.394. The van der Waals surface area contributed by atoms with Crippen molar-refractivity contribution in [3.05, 3.63) is 83.0 Å². The molecule has 1 aliphatic rings. The topological polar surface area (TPSA) is 75.3 Å². The van der Waals surface area contributed by atoms with Gasteiger partial charge < -0.3 is 20.7 Å². The molecular weight excluding hydrogens is 448 g/mol. The van der Waals surface area contributed by atoms with Gasteiger partial charge in [0.05, 0.1) is 17.7 Å². The number of benzene rings is 2. The standard InChI is InChI=1S/C27H31ClN4O2/c1-18(19-7-10-22(34-2)11-8-19)26(20-13-15-29-16-14-20)31-24-6-4-3-5-23(24)27(33)32-25-12-9-21(28)17-30-25/h3-12,17-18,20,26,29,31H,13-16H2,1-2H3,(H,30,32,33). The molecule has 1 aliphatic heterocycles. The second-order valence-electron chi connectivity index (χ2n) is 8.68. The highest BCUT2D eigenvalue weighted by Gasteiger charge is 2.30. The second kappa shape index (κ2) is 11.4. The molecule has 1 fully saturated rings. The Morgan fingerprint density at radius 2 is 1.82 bits per heavy atom. The van der Waals surface area contributed by atoms with E-state index in [4.69, 9.17) is 16.3 Å². The molecule has 0 spiro atoms. The molecule has 0 saturated carbocycles. The average molecular weight is 479 g/mol. The maximum Gasteiger partial charge on any atom is 0.258 e. The molecule has 1 aromatic heterocycles. The Bertz CT molecular complexity index is 1080. The smallest absolute Gasteiger partial charge is 0.258 e. The normalized spacial score (nSPS) is 15.9. The van der Waals surface area contributed by atoms with Gasteiger partial charge in [-0.2, -0.15) is 0 Å². The van der Waals surface area contributed by atoms with Crippen LogP contribution in [0, 0.1) is 5.92 Å². The van der Waals surface area contributed by atoms with Crippen LogP contribution in [-0.4, -0.2) is 37.1 Å². The maximum absolute atomic E-state index is 13.1. The number of aromatic nitrogens is 1. The Labute approximate surface area is 206 Å². The van der Waals surface area contributed by atoms with Crippen molar-refractivity contribution in [2.75, 3.05) is 30.8 Å². The molecular formula is C27H31ClN4O2. The number of hydrogen-bond acceptors (Lipinski definition) is 5. The SMILES string of the molecule is COc1ccc(C(C)C(Nc2ccccc2C(=O)Nc2ccc(Cl)cn2)C2CCNCC2)cc1. The van der Waals surface area contributed by atoms with Gasteiger partial charge in [-0.3, -0.25) is 4.79 Å². The molecule has 7 heteroatoms. The van der Waals surface area contributed by atoms with Crippen molar-refractivity contribution in [2.45, 2.75) is 31.7 Å². The van der Waals surface area contributed by atoms with Gasteiger partial charge in [-0.25, -0.2) is 4.98 Å². The number of rotatable bonds is 8. The van der Waals surface area contributed by atoms with Gasteiger partial charge >= 0.3 is 0 Å². The van der Waals surface area contributed by atoms with Crippen LogP contribution in [0.5, 0.6) is 5.75 Å². The number of amides is 1. The zero-order chi connectivity index (χ0) is 23.9. The fraction of sp³-hybridized carbons (Fsp3) is 0.333. The molecule has 0 radical (unpaired) electrons. The Morgan fingerprint density at radius 1 is 1.09 bits per heavy atom. The molecule has 2 aromatic carbocycles. The number of methoxy groups -OCH3 is 1. The second-order valence-corrected chi connectivity index (χ2v) is 9.12. The summed E-state index contributed by atoms with van der Waals surface area (Å²) in [7, 11) is 1.68. The van der Waals surface area contributed by atoms with E-state index in [-0.39, 0.29) is 17.9 Å². The molecule has 2 unspecified atom stereocenters. The Kier molecular flexibility index (Phi) is 8.03. The summed E-state index contributed by atoms with van der Waals surface area (Å²) in [5.74, 6) is 1.82. The third-order valence-corrected chi connectivity index (χ3v) is 6.76. The number of hydrogen-bond donors (Lipinski definition) is 3. The van der Waals surface area contributed by atoms with Gasteiger partial charge in [-0.1, -0.05) is 42.8 Å². The summed E-state index contributed by atoms with van der Waals surface area (Å²) in [4.78, 5) is 17.3. The number of nitrogens with one attached hydrogen (secondary N) is 3. The van der Waals surface area contributed by atoms with E-state index in [0.29, 0.717) is 22.3 Å². The van der Waals surface area contributed by atoms with E-state index in [9.17, 15) is 4.79 Å². The summed E-state index contributed by atoms with van der Waals surface area (Å²) >= 11 is 5.92. The van der Waals surface area contributed by atoms with Crippen LogP contribution in [0.15, 0.2) is 66.9 Å². The first-order valence-corrected chi connectivity index (χ1v) is 12.1. The Balaban J connectivity index is 1.59. The van der Waals surface area contributed by atoms with Crippen molar-refractivity contribution < 1.29 is 9.53 Å². The van der Waals surface area contributed by atoms with Crippen LogP contribution in [0.1, 0.15) is 41.6 Å². The van der Waals surface area contributed by atoms with E-state index in [0.717, 1.165) is 37.4 Å². The molecule has 4 rings (SSSR count). The van der Waals surface area contributed by atoms with Crippen molar-refractivity contribution >= 4 is 29.0 Å². The summed E-state index contributed by atoms with van der Waals surface area (Å²) in [6.07, 6.45) is 3.69. The third kappa shape index (κ3) is 5.88. The lowest BCUT2D eigenvalue weighted by Gasteiger charge is -2.36. The van der Waals surface area contributed by atoms with E-state index < -0.39 is 0 Å². The molecule has 3 N–H and O–H groups in total. The highest BCUT2D eigenvalue weighted by atomic mass is 35.5. The zero-order valence-corrected chi connectivity index (χ0v) is 20.3. The van der Waals surface area contributed by atoms with Crippen LogP contribution in [-0.2, 0) is 0 Å². The Hall–Kier alpha value is -3.09. The predicted molar refractivity (Wildman–Crippen MR) is 138 cm³/mol. The summed E-state index contributed by atoms with van der Waals surface area (Å²) in [5, 5.41) is 10.6. The van der Waals surface area contributed by atoms with Gasteiger partial charge in [0.2, 0.25) is 0 Å². The number of para-hydroxylation sites is 1. The van der Waals surface area contributed by atoms with E-state index in [1.807, 2.05) is 36.4 Å². The van der Waals surface area contributed by atoms with Crippen molar-refractivity contribution in [3.63, 3.8) is 0 Å². The zero-order valence-electron chi connectivity index (χ0n) is 19.6. The lowest BCUT2D eigenvalue weighted by Crippen LogP contribution is -2.41. The van der Waals surface area contributed by atoms with E-state index in [2.05, 4.69) is 40.0 Å². The minimum atomic E-state index is -0.209. The largest absolute Gasteiger partial charge is 0.497 e. The molecule has 1 saturated heterocycles. The molecule has 6 nitrogen and oxygen atoms in total. The van der Waals surface area contributed by atoms with Crippen molar-refractivity contribution in [2.24, 2.45) is 5.92 Å². The lowest BCUT2D eigenvalue weighted by atomic mass is 9.80. The van der Waals surface area contributed by atoms with Crippen LogP contribution in [0.25, 0.3) is 0 Å². The van der Waals surface area contributed by atoms with Gasteiger partial charge in [-0.05, 0) is 73.8 Å². The number of anilines is 2. The van der Waals surface area contributed by atoms with Crippen molar-refractivity contribution in [1.29, 1.82) is 0 Å². The molecule has 0 bridgehead atoms. The number of ether oxygens (including phenoxy) is 1. The number of carbonyl (C=O) groups is 1. The number of halogens is 1. The minimum absolute atomic E-state index is 0.165. The number of pyridine rings is 1. The van der Waals surface area contributed by atoms with Crippen LogP contribution in [0.3, 0.4) is 0 Å². The third-order valence-electron chi connectivity index (χ3n) is 6.53. The maximum atomic E-state index is 13.1. The van der Waals surface area contributed by atoms with Gasteiger partial charge in [0.25, 0.3) is 5.91 Å². The molecule has 3 aromatic rings. The summed E-state index contributed by atoms with van der Waals surface area (Å²) in [5.41, 5.74) is 2.64. The van der Waals surface area contributed by atoms with Gasteiger partial charge in [-0.15, -0.1) is 0 Å². The van der Waals surface area contributed by atoms with Crippen LogP contribution in [0.4, 0.5) is 11.5 Å². The van der Waals surface area contributed by atoms with E-state index >= 15 is 0 Å². The summed E-state index contributed by atoms with van der Waals surface area (Å²) in [6, 6.07) is 19.5. The van der Waals surface area contributed by atoms with Gasteiger partial charge in [0.15, 0.2) is 0 Å². The van der Waals surface area contributed by atoms with Crippen molar-refractivity contribution in [1.82, 2.24) is 10.3 Å². The van der Waals surface area contributed by atoms with E-state index in [1.54, 1.807) is 19.2 Å². The first-order chi connectivity index (χ1) is 16.5. The van der Waals surface area contributed by atoms with Crippen molar-refractivity contribution in [3.8, 4) is 5.75 Å². The number of carbonyl (C=O) groups excluding carboxylic acids is 1. The first-order valence-electron chi connectivity index (χ1n) is 11.7. The van der Waals surface area contributed by atoms with Crippen LogP contribution >= 0.6 is 11.6 Å². The van der Waals surface area contributed by atoms with Crippen LogP contribution in [0.2, 0.25) is 5.02 Å². The molecule has 1 amide bonds. The monoisotopic (exact) mass is 478 g/mol. The predicted octanol–water partition coefficient (Wildman–Crippen LogP) is 5.58. The molecule has 178 valence electrons. The minimum Gasteiger partial charge on any atom is -0.497 e. The molecule has 2 heterocycles. The number of nitrogens with zero attached hydrogens (tertiary/aromatic N) is 1. The van der Waals surface area contributed by atoms with Gasteiger partial charge in [0, 0.05) is 23.8 Å². The highest BCUT2D eigenvalue weighted by Crippen LogP contribution is 2.33. The molecule has 34 heavy (non-hydrogen) atoms. The number of piperidine rings is 1. The van der Waals surface area contributed by atoms with Crippen LogP contribution < -0.4 is 20.7 Å². The lowest BCUT2D eigenvalue weighted by molar-refractivity contribution is 0.102. The van der Waals surface area contributed by atoms with E-state index in [1.165, 1.54) is 11.8 Å². The van der Waals surface area contributed by atoms with Gasteiger partial charge in [0.1, 0.15) is 11.6 Å². The fourth-order valence-electron chi connectivity index (χ4n) is 4.59. The molecule has 0 aliphatic carbocycles. The fourth-order valence-corrected chi connectivity index (χ4v) is 4.70. The summed E-state index contributed by atoms with van der Waals surface area (Å²) in [6.45, 7) is 4.26. The average Bonchev–Trinajstić information content (AvgIpc) is 2.89. The summed E-state index contributed by atoms with van der Waals surface area (Å²) < 4.78 is 5.34. The first kappa shape index (κ1) is 24.0. The molecule has 2 atom stereocenters. The highest BCUT2D eigenvalue weighted by molar-refractivity contribution is 6.30. The Morgan fingerprint density at radius 3 is 2.50 bits per heavy atom.